The minimum Gasteiger partial charge on any atom is -0.465 e. The summed E-state index contributed by atoms with van der Waals surface area (Å²) in [6.45, 7) is 3.96. The zero-order valence-electron chi connectivity index (χ0n) is 69.1. The van der Waals surface area contributed by atoms with Gasteiger partial charge in [0.25, 0.3) is 0 Å². The molecule has 10 heterocycles. The van der Waals surface area contributed by atoms with Gasteiger partial charge in [-0.25, -0.2) is 58.3 Å². The molecule has 12 aromatic rings. The number of hydrogen-bond donors (Lipinski definition) is 4. The smallest absolute Gasteiger partial charge is 0.340 e. The summed E-state index contributed by atoms with van der Waals surface area (Å²) in [6, 6.07) is 54.7. The Hall–Kier alpha value is -17.8. The maximum atomic E-state index is 15.1. The first-order valence-electron chi connectivity index (χ1n) is 39.0. The van der Waals surface area contributed by atoms with Crippen LogP contribution >= 0.6 is 0 Å². The number of esters is 8. The molecule has 0 atom stereocenters. The molecule has 1 aliphatic carbocycles. The molecule has 4 N–H and O–H groups in total. The maximum Gasteiger partial charge on any atom is 0.340 e. The van der Waals surface area contributed by atoms with Crippen LogP contribution in [-0.2, 0) is 62.5 Å². The number of methoxy groups -OCH3 is 8. The number of carbonyl (C=O) groups excluding carboxylic acids is 8. The van der Waals surface area contributed by atoms with Gasteiger partial charge < -0.3 is 57.8 Å². The zero-order valence-corrected chi connectivity index (χ0v) is 69.1. The molecule has 6 aromatic carbocycles. The first-order valence-corrected chi connectivity index (χ1v) is 39.0. The summed E-state index contributed by atoms with van der Waals surface area (Å²) >= 11 is 0. The van der Waals surface area contributed by atoms with Gasteiger partial charge in [0.15, 0.2) is 0 Å². The quantitative estimate of drug-likeness (QED) is 0.0580. The number of nitrogens with zero attached hydrogens (tertiary/aromatic N) is 8. The highest BCUT2D eigenvalue weighted by atomic mass is 16.5. The van der Waals surface area contributed by atoms with E-state index in [9.17, 15) is 40.2 Å². The molecule has 28 heteroatoms. The third-order valence-electron chi connectivity index (χ3n) is 22.8. The van der Waals surface area contributed by atoms with Crippen molar-refractivity contribution in [2.45, 2.75) is 19.3 Å². The van der Waals surface area contributed by atoms with E-state index in [0.29, 0.717) is 77.9 Å². The number of aromatic nitrogens is 8. The topological polar surface area (TPSA) is 420 Å². The van der Waals surface area contributed by atoms with Crippen LogP contribution in [0.3, 0.4) is 0 Å². The molecule has 16 bridgehead atoms. The van der Waals surface area contributed by atoms with Gasteiger partial charge in [-0.15, -0.1) is 0 Å². The van der Waals surface area contributed by atoms with E-state index in [1.54, 1.807) is 109 Å². The fourth-order valence-corrected chi connectivity index (χ4v) is 16.7. The molecule has 0 saturated carbocycles. The van der Waals surface area contributed by atoms with Gasteiger partial charge in [0, 0.05) is 60.9 Å². The highest BCUT2D eigenvalue weighted by Gasteiger charge is 2.40. The highest BCUT2D eigenvalue weighted by molar-refractivity contribution is 6.29. The Labute approximate surface area is 721 Å². The second-order valence-corrected chi connectivity index (χ2v) is 30.0. The van der Waals surface area contributed by atoms with E-state index >= 15 is 19.2 Å². The number of rotatable bonds is 14. The minimum absolute atomic E-state index is 0.0149. The molecule has 4 aliphatic heterocycles. The number of ether oxygens (including phenoxy) is 8. The molecule has 0 spiro atoms. The molecule has 17 rings (SSSR count). The van der Waals surface area contributed by atoms with Crippen LogP contribution in [0.1, 0.15) is 134 Å². The van der Waals surface area contributed by atoms with Crippen molar-refractivity contribution >= 4 is 138 Å². The van der Waals surface area contributed by atoms with E-state index in [4.69, 9.17) is 57.8 Å². The van der Waals surface area contributed by atoms with Crippen LogP contribution in [0.5, 0.6) is 0 Å². The van der Waals surface area contributed by atoms with Crippen LogP contribution in [0, 0.1) is 45.3 Å². The molecule has 0 saturated heterocycles. The molecule has 28 nitrogen and oxygen atoms in total. The van der Waals surface area contributed by atoms with Gasteiger partial charge in [-0.05, 0) is 177 Å². The summed E-state index contributed by atoms with van der Waals surface area (Å²) in [6.07, 6.45) is 5.98. The fourth-order valence-electron chi connectivity index (χ4n) is 16.7. The van der Waals surface area contributed by atoms with Crippen molar-refractivity contribution in [3.05, 3.63) is 271 Å². The molecule has 618 valence electrons. The van der Waals surface area contributed by atoms with Gasteiger partial charge >= 0.3 is 47.8 Å². The van der Waals surface area contributed by atoms with Gasteiger partial charge in [-0.1, -0.05) is 86.6 Å². The second-order valence-electron chi connectivity index (χ2n) is 30.0. The Balaban J connectivity index is 0.996. The third-order valence-corrected chi connectivity index (χ3v) is 22.8. The Kier molecular flexibility index (Phi) is 20.8. The number of fused-ring (bicyclic) bond motifs is 19. The Morgan fingerprint density at radius 2 is 0.543 bits per heavy atom. The summed E-state index contributed by atoms with van der Waals surface area (Å²) in [5.74, 6) is -6.74. The fraction of sp³-hybridized carbons (Fsp3) is 0.111. The minimum atomic E-state index is -1.12. The van der Waals surface area contributed by atoms with E-state index < -0.39 is 53.2 Å². The summed E-state index contributed by atoms with van der Waals surface area (Å²) in [5, 5.41) is 40.5. The summed E-state index contributed by atoms with van der Waals surface area (Å²) in [5.41, 5.74) is 7.33. The third kappa shape index (κ3) is 13.9. The standard InChI is InChI=1S/C99H66N12O16/c1-99(2)67-31-55(85-87-63(95(116)124-7)37-77(108-87)81(51-19-11-47(43-100)12-20-51)73-33-59(91(112)120-3)69(104-73)41-70-60(92(113)121-4)34-74(105-70)82(52-21-13-48(44-101)14-22-52)78-38-64(88(85)109-78)96(117)125-8)27-29-57(67)58-30-28-56(32-68(58)99)86-89-65(97(118)126-9)39-79(110-89)83(53-23-15-49(45-102)16-24-53)75-35-61(93(114)122-5)71(106-75)42-72-62(94(115)123-6)36-76(107-72)84(54-25-17-50(46-103)18-26-54)80-40-66(90(86)111-80)98(119)127-10/h11-42,104,106,109,111H,1-10H3. The number of nitrogens with one attached hydrogen (secondary N) is 4. The zero-order chi connectivity index (χ0) is 89.3. The van der Waals surface area contributed by atoms with Crippen molar-refractivity contribution < 1.29 is 76.3 Å². The Morgan fingerprint density at radius 3 is 0.843 bits per heavy atom. The van der Waals surface area contributed by atoms with Crippen LogP contribution in [0.2, 0.25) is 0 Å². The molecule has 0 radical (unpaired) electrons. The lowest BCUT2D eigenvalue weighted by atomic mass is 9.80. The number of H-pyrrole nitrogens is 4. The van der Waals surface area contributed by atoms with Crippen LogP contribution in [-0.4, -0.2) is 145 Å². The normalized spacial score (nSPS) is 12.5. The first-order chi connectivity index (χ1) is 61.4. The van der Waals surface area contributed by atoms with E-state index in [2.05, 4.69) is 44.2 Å². The highest BCUT2D eigenvalue weighted by Crippen LogP contribution is 2.54. The number of hydrogen-bond acceptors (Lipinski definition) is 24. The van der Waals surface area contributed by atoms with Crippen molar-refractivity contribution in [2.75, 3.05) is 56.9 Å². The summed E-state index contributed by atoms with van der Waals surface area (Å²) in [7, 11) is 9.60. The van der Waals surface area contributed by atoms with E-state index in [-0.39, 0.29) is 168 Å². The number of carbonyl (C=O) groups is 8. The maximum absolute atomic E-state index is 15.1. The lowest BCUT2D eigenvalue weighted by Crippen LogP contribution is -2.15. The molecule has 0 unspecified atom stereocenters. The van der Waals surface area contributed by atoms with Crippen LogP contribution < -0.4 is 0 Å². The summed E-state index contributed by atoms with van der Waals surface area (Å²) < 4.78 is 44.2. The van der Waals surface area contributed by atoms with Crippen LogP contribution in [0.15, 0.2) is 170 Å². The first kappa shape index (κ1) is 81.6. The Morgan fingerprint density at radius 1 is 0.283 bits per heavy atom. The molecule has 127 heavy (non-hydrogen) atoms. The monoisotopic (exact) mass is 1680 g/mol. The molecule has 0 fully saturated rings. The van der Waals surface area contributed by atoms with Crippen molar-refractivity contribution in [1.29, 1.82) is 21.0 Å². The predicted octanol–water partition coefficient (Wildman–Crippen LogP) is 16.7. The van der Waals surface area contributed by atoms with Crippen LogP contribution in [0.4, 0.5) is 0 Å². The van der Waals surface area contributed by atoms with Crippen molar-refractivity contribution in [2.24, 2.45) is 0 Å². The van der Waals surface area contributed by atoms with Crippen molar-refractivity contribution in [3.8, 4) is 102 Å². The van der Waals surface area contributed by atoms with E-state index in [0.717, 1.165) is 0 Å². The average molecular weight is 1680 g/mol. The number of aromatic amines is 4. The van der Waals surface area contributed by atoms with E-state index in [1.807, 2.05) is 38.1 Å². The molecule has 5 aliphatic rings. The lowest BCUT2D eigenvalue weighted by molar-refractivity contribution is -0.134. The number of benzene rings is 6. The van der Waals surface area contributed by atoms with Gasteiger partial charge in [-0.3, -0.25) is 0 Å². The number of nitriles is 4. The lowest BCUT2D eigenvalue weighted by Gasteiger charge is -2.23. The van der Waals surface area contributed by atoms with Crippen molar-refractivity contribution in [3.63, 3.8) is 0 Å². The average Bonchev–Trinajstić information content (AvgIpc) is 1.56. The van der Waals surface area contributed by atoms with Gasteiger partial charge in [0.2, 0.25) is 0 Å². The van der Waals surface area contributed by atoms with Crippen molar-refractivity contribution in [1.82, 2.24) is 39.9 Å². The summed E-state index contributed by atoms with van der Waals surface area (Å²) in [4.78, 5) is 152. The Bertz CT molecular complexity index is 7090. The molecular formula is C99H66N12O16. The van der Waals surface area contributed by atoms with E-state index in [1.165, 1.54) is 118 Å². The van der Waals surface area contributed by atoms with Gasteiger partial charge in [0.05, 0.1) is 216 Å². The van der Waals surface area contributed by atoms with Gasteiger partial charge in [-0.2, -0.15) is 21.0 Å². The predicted molar refractivity (Wildman–Crippen MR) is 470 cm³/mol. The molecule has 6 aromatic heterocycles. The molecular weight excluding hydrogens is 1610 g/mol. The SMILES string of the molecule is COC(=O)C1=Cc2nc1cc1[nH]c(cc1C(=O)OC)c(-c1ccc(C#N)cc1)c1nc(c(-c3ccc4c(c3)C(C)(C)c3cc(-c5c6nc(c(-c7ccc(C#N)cc7)c7cc(C(=O)OC)c(cc8nc(c(-c9ccc(C#N)cc9)c9cc(C(=O)OC)c5[nH]9)C=C8C(=O)OC)[nH]7)C=C6C(=O)OC)ccc3-4)c3[nH]c(cc3C(=O)OC)c2-c2ccc(C#N)cc2)C(C(=O)OC)=C1. The second kappa shape index (κ2) is 32.3. The van der Waals surface area contributed by atoms with Gasteiger partial charge in [0.1, 0.15) is 0 Å². The largest absolute Gasteiger partial charge is 0.465 e. The molecule has 0 amide bonds. The van der Waals surface area contributed by atoms with Crippen LogP contribution in [0.25, 0.3) is 169 Å².